The van der Waals surface area contributed by atoms with E-state index >= 15 is 0 Å². The second-order valence-electron chi connectivity index (χ2n) is 5.36. The minimum Gasteiger partial charge on any atom is -0.358 e. The summed E-state index contributed by atoms with van der Waals surface area (Å²) in [6.07, 6.45) is 4.67. The lowest BCUT2D eigenvalue weighted by Gasteiger charge is -2.17. The van der Waals surface area contributed by atoms with Crippen LogP contribution in [0.3, 0.4) is 0 Å². The maximum atomic E-state index is 12.4. The number of thiophene rings is 1. The zero-order valence-electron chi connectivity index (χ0n) is 12.0. The van der Waals surface area contributed by atoms with Crippen molar-refractivity contribution in [2.45, 2.75) is 31.7 Å². The Morgan fingerprint density at radius 2 is 2.14 bits per heavy atom. The number of carbonyl (C=O) groups excluding carboxylic acids is 2. The van der Waals surface area contributed by atoms with Gasteiger partial charge in [-0.2, -0.15) is 0 Å². The summed E-state index contributed by atoms with van der Waals surface area (Å²) < 4.78 is 3.30. The van der Waals surface area contributed by atoms with Gasteiger partial charge in [-0.3, -0.25) is 9.59 Å². The molecule has 1 aliphatic carbocycles. The molecule has 2 aromatic rings. The highest BCUT2D eigenvalue weighted by atomic mass is 32.1. The number of amides is 2. The van der Waals surface area contributed by atoms with Crippen molar-refractivity contribution in [3.63, 3.8) is 0 Å². The normalized spacial score (nSPS) is 15.5. The summed E-state index contributed by atoms with van der Waals surface area (Å²) in [5, 5.41) is 7.26. The van der Waals surface area contributed by atoms with Crippen molar-refractivity contribution >= 4 is 33.4 Å². The van der Waals surface area contributed by atoms with E-state index in [1.165, 1.54) is 12.8 Å². The second-order valence-corrected chi connectivity index (χ2v) is 6.31. The van der Waals surface area contributed by atoms with Crippen LogP contribution in [-0.2, 0) is 4.79 Å². The Hall–Kier alpha value is -1.82. The van der Waals surface area contributed by atoms with Crippen LogP contribution < -0.4 is 10.6 Å². The fraction of sp³-hybridized carbons (Fsp3) is 0.467. The Bertz CT molecular complexity index is 668. The van der Waals surface area contributed by atoms with Crippen LogP contribution in [0.25, 0.3) is 10.2 Å². The van der Waals surface area contributed by atoms with Crippen LogP contribution in [-0.4, -0.2) is 30.0 Å². The van der Waals surface area contributed by atoms with Gasteiger partial charge in [0, 0.05) is 13.1 Å². The molecule has 0 aromatic carbocycles. The summed E-state index contributed by atoms with van der Waals surface area (Å²) in [6, 6.07) is 4.42. The second kappa shape index (κ2) is 5.89. The zero-order chi connectivity index (χ0) is 14.8. The van der Waals surface area contributed by atoms with Gasteiger partial charge in [-0.1, -0.05) is 12.8 Å². The van der Waals surface area contributed by atoms with Gasteiger partial charge in [0.15, 0.2) is 0 Å². The fourth-order valence-corrected chi connectivity index (χ4v) is 3.83. The molecular weight excluding hydrogens is 286 g/mol. The smallest absolute Gasteiger partial charge is 0.268 e. The average molecular weight is 305 g/mol. The molecule has 0 radical (unpaired) electrons. The summed E-state index contributed by atoms with van der Waals surface area (Å²) >= 11 is 1.65. The third-order valence-corrected chi connectivity index (χ3v) is 4.92. The molecule has 2 aromatic heterocycles. The van der Waals surface area contributed by atoms with Gasteiger partial charge in [-0.25, -0.2) is 0 Å². The first-order valence-electron chi connectivity index (χ1n) is 7.28. The largest absolute Gasteiger partial charge is 0.358 e. The predicted octanol–water partition coefficient (Wildman–Crippen LogP) is 2.29. The molecule has 0 aliphatic heterocycles. The number of nitrogens with zero attached hydrogens (tertiary/aromatic N) is 1. The molecule has 1 fully saturated rings. The topological polar surface area (TPSA) is 63.1 Å². The van der Waals surface area contributed by atoms with Crippen LogP contribution in [0.1, 0.15) is 42.2 Å². The van der Waals surface area contributed by atoms with E-state index in [-0.39, 0.29) is 18.4 Å². The van der Waals surface area contributed by atoms with E-state index in [4.69, 9.17) is 0 Å². The van der Waals surface area contributed by atoms with Gasteiger partial charge < -0.3 is 15.2 Å². The summed E-state index contributed by atoms with van der Waals surface area (Å²) in [5.74, 6) is -0.363. The molecule has 0 saturated heterocycles. The van der Waals surface area contributed by atoms with Crippen LogP contribution in [0, 0.1) is 0 Å². The summed E-state index contributed by atoms with van der Waals surface area (Å²) in [4.78, 5) is 23.7. The SMILES string of the molecule is CNC(=O)CNC(=O)c1cc2sccc2n1C1CCCC1. The van der Waals surface area contributed by atoms with Crippen molar-refractivity contribution in [3.8, 4) is 0 Å². The van der Waals surface area contributed by atoms with E-state index in [0.29, 0.717) is 11.7 Å². The highest BCUT2D eigenvalue weighted by Crippen LogP contribution is 2.36. The van der Waals surface area contributed by atoms with Gasteiger partial charge in [0.25, 0.3) is 5.91 Å². The molecule has 21 heavy (non-hydrogen) atoms. The van der Waals surface area contributed by atoms with Gasteiger partial charge >= 0.3 is 0 Å². The third-order valence-electron chi connectivity index (χ3n) is 4.07. The highest BCUT2D eigenvalue weighted by Gasteiger charge is 2.25. The molecule has 0 unspecified atom stereocenters. The average Bonchev–Trinajstić information content (AvgIpc) is 3.18. The first kappa shape index (κ1) is 14.1. The lowest BCUT2D eigenvalue weighted by Crippen LogP contribution is -2.36. The molecule has 1 aliphatic rings. The monoisotopic (exact) mass is 305 g/mol. The van der Waals surface area contributed by atoms with Crippen LogP contribution in [0.2, 0.25) is 0 Å². The molecule has 2 amide bonds. The minimum atomic E-state index is -0.191. The summed E-state index contributed by atoms with van der Waals surface area (Å²) in [6.45, 7) is 0.0127. The lowest BCUT2D eigenvalue weighted by molar-refractivity contribution is -0.119. The van der Waals surface area contributed by atoms with Crippen LogP contribution in [0.15, 0.2) is 17.5 Å². The quantitative estimate of drug-likeness (QED) is 0.910. The number of aromatic nitrogens is 1. The summed E-state index contributed by atoms with van der Waals surface area (Å²) in [7, 11) is 1.56. The van der Waals surface area contributed by atoms with E-state index in [0.717, 1.165) is 23.1 Å². The number of rotatable bonds is 4. The van der Waals surface area contributed by atoms with Crippen molar-refractivity contribution in [2.24, 2.45) is 0 Å². The number of fused-ring (bicyclic) bond motifs is 1. The van der Waals surface area contributed by atoms with Gasteiger partial charge in [0.05, 0.1) is 16.8 Å². The van der Waals surface area contributed by atoms with Crippen molar-refractivity contribution in [1.29, 1.82) is 0 Å². The highest BCUT2D eigenvalue weighted by molar-refractivity contribution is 7.17. The first-order chi connectivity index (χ1) is 10.2. The Balaban J connectivity index is 1.89. The molecule has 5 nitrogen and oxygen atoms in total. The molecule has 1 saturated carbocycles. The van der Waals surface area contributed by atoms with Crippen molar-refractivity contribution < 1.29 is 9.59 Å². The van der Waals surface area contributed by atoms with Gasteiger partial charge in [-0.05, 0) is 30.4 Å². The van der Waals surface area contributed by atoms with Gasteiger partial charge in [0.1, 0.15) is 5.69 Å². The van der Waals surface area contributed by atoms with Crippen molar-refractivity contribution in [3.05, 3.63) is 23.2 Å². The number of hydrogen-bond acceptors (Lipinski definition) is 3. The number of carbonyl (C=O) groups is 2. The maximum Gasteiger partial charge on any atom is 0.268 e. The minimum absolute atomic E-state index is 0.0127. The van der Waals surface area contributed by atoms with Crippen molar-refractivity contribution in [2.75, 3.05) is 13.6 Å². The molecule has 0 spiro atoms. The molecule has 0 bridgehead atoms. The standard InChI is InChI=1S/C15H19N3O2S/c1-16-14(19)9-17-15(20)12-8-13-11(6-7-21-13)18(12)10-4-2-3-5-10/h6-8,10H,2-5,9H2,1H3,(H,16,19)(H,17,20). The molecule has 2 N–H and O–H groups in total. The van der Waals surface area contributed by atoms with Gasteiger partial charge in [-0.15, -0.1) is 11.3 Å². The Kier molecular flexibility index (Phi) is 3.96. The maximum absolute atomic E-state index is 12.4. The van der Waals surface area contributed by atoms with E-state index in [9.17, 15) is 9.59 Å². The lowest BCUT2D eigenvalue weighted by atomic mass is 10.2. The number of nitrogens with one attached hydrogen (secondary N) is 2. The predicted molar refractivity (Wildman–Crippen MR) is 83.7 cm³/mol. The molecule has 0 atom stereocenters. The molecular formula is C15H19N3O2S. The van der Waals surface area contributed by atoms with E-state index in [1.54, 1.807) is 18.4 Å². The van der Waals surface area contributed by atoms with Crippen molar-refractivity contribution in [1.82, 2.24) is 15.2 Å². The summed E-state index contributed by atoms with van der Waals surface area (Å²) in [5.41, 5.74) is 1.81. The van der Waals surface area contributed by atoms with Crippen LogP contribution in [0.4, 0.5) is 0 Å². The van der Waals surface area contributed by atoms with Crippen LogP contribution in [0.5, 0.6) is 0 Å². The molecule has 6 heteroatoms. The Morgan fingerprint density at radius 3 is 2.86 bits per heavy atom. The molecule has 2 heterocycles. The molecule has 3 rings (SSSR count). The molecule has 112 valence electrons. The third kappa shape index (κ3) is 2.68. The van der Waals surface area contributed by atoms with Crippen LogP contribution >= 0.6 is 11.3 Å². The van der Waals surface area contributed by atoms with E-state index in [1.807, 2.05) is 6.07 Å². The number of likely N-dealkylation sites (N-methyl/N-ethyl adjacent to an activating group) is 1. The Labute approximate surface area is 127 Å². The van der Waals surface area contributed by atoms with E-state index in [2.05, 4.69) is 26.6 Å². The Morgan fingerprint density at radius 1 is 1.38 bits per heavy atom. The number of hydrogen-bond donors (Lipinski definition) is 2. The van der Waals surface area contributed by atoms with E-state index < -0.39 is 0 Å². The first-order valence-corrected chi connectivity index (χ1v) is 8.16. The zero-order valence-corrected chi connectivity index (χ0v) is 12.8. The fourth-order valence-electron chi connectivity index (χ4n) is 3.02. The van der Waals surface area contributed by atoms with Gasteiger partial charge in [0.2, 0.25) is 5.91 Å².